The van der Waals surface area contributed by atoms with E-state index in [0.29, 0.717) is 16.9 Å². The Hall–Kier alpha value is -3.32. The lowest BCUT2D eigenvalue weighted by molar-refractivity contribution is 0.0939. The number of rotatable bonds is 4. The molecule has 0 bridgehead atoms. The number of amides is 1. The Kier molecular flexibility index (Phi) is 4.21. The van der Waals surface area contributed by atoms with Crippen molar-refractivity contribution in [3.8, 4) is 6.07 Å². The zero-order valence-electron chi connectivity index (χ0n) is 12.3. The Balaban J connectivity index is 1.86. The number of carbonyl (C=O) groups is 1. The van der Waals surface area contributed by atoms with Crippen molar-refractivity contribution < 1.29 is 9.21 Å². The van der Waals surface area contributed by atoms with Gasteiger partial charge in [0.15, 0.2) is 0 Å². The lowest BCUT2D eigenvalue weighted by Crippen LogP contribution is -2.29. The van der Waals surface area contributed by atoms with Crippen LogP contribution in [0.2, 0.25) is 0 Å². The average Bonchev–Trinajstić information content (AvgIpc) is 3.14. The topological polar surface area (TPSA) is 66.0 Å². The number of nitrogens with zero attached hydrogens (tertiary/aromatic N) is 1. The number of nitriles is 1. The van der Waals surface area contributed by atoms with Gasteiger partial charge in [-0.25, -0.2) is 0 Å². The van der Waals surface area contributed by atoms with E-state index in [2.05, 4.69) is 5.32 Å². The summed E-state index contributed by atoms with van der Waals surface area (Å²) in [6.45, 7) is 0. The largest absolute Gasteiger partial charge is 0.467 e. The minimum absolute atomic E-state index is 0.222. The van der Waals surface area contributed by atoms with E-state index < -0.39 is 0 Å². The molecule has 0 spiro atoms. The molecule has 0 fully saturated rings. The lowest BCUT2D eigenvalue weighted by atomic mass is 10.0. The maximum Gasteiger partial charge on any atom is 0.252 e. The van der Waals surface area contributed by atoms with Gasteiger partial charge in [0.1, 0.15) is 11.8 Å². The molecule has 0 saturated carbocycles. The Morgan fingerprint density at radius 1 is 1.00 bits per heavy atom. The molecule has 4 nitrogen and oxygen atoms in total. The van der Waals surface area contributed by atoms with E-state index in [1.54, 1.807) is 36.6 Å². The third kappa shape index (κ3) is 3.30. The minimum Gasteiger partial charge on any atom is -0.467 e. The number of benzene rings is 2. The molecule has 1 atom stereocenters. The predicted molar refractivity (Wildman–Crippen MR) is 85.6 cm³/mol. The maximum absolute atomic E-state index is 12.5. The monoisotopic (exact) mass is 302 g/mol. The van der Waals surface area contributed by atoms with Gasteiger partial charge in [-0.15, -0.1) is 0 Å². The molecule has 0 aliphatic heterocycles. The third-order valence-corrected chi connectivity index (χ3v) is 3.51. The van der Waals surface area contributed by atoms with Crippen LogP contribution in [0.25, 0.3) is 0 Å². The molecule has 1 aromatic heterocycles. The molecule has 1 N–H and O–H groups in total. The maximum atomic E-state index is 12.5. The summed E-state index contributed by atoms with van der Waals surface area (Å²) < 4.78 is 5.47. The van der Waals surface area contributed by atoms with Gasteiger partial charge in [0.25, 0.3) is 5.91 Å². The van der Waals surface area contributed by atoms with Crippen LogP contribution in [-0.4, -0.2) is 5.91 Å². The zero-order chi connectivity index (χ0) is 16.1. The summed E-state index contributed by atoms with van der Waals surface area (Å²) >= 11 is 0. The highest BCUT2D eigenvalue weighted by atomic mass is 16.3. The van der Waals surface area contributed by atoms with Crippen molar-refractivity contribution >= 4 is 5.91 Å². The average molecular weight is 302 g/mol. The van der Waals surface area contributed by atoms with E-state index in [9.17, 15) is 4.79 Å². The number of hydrogen-bond acceptors (Lipinski definition) is 3. The van der Waals surface area contributed by atoms with Crippen LogP contribution >= 0.6 is 0 Å². The fourth-order valence-corrected chi connectivity index (χ4v) is 2.33. The Bertz CT molecular complexity index is 816. The fourth-order valence-electron chi connectivity index (χ4n) is 2.33. The van der Waals surface area contributed by atoms with Crippen LogP contribution in [0, 0.1) is 11.3 Å². The van der Waals surface area contributed by atoms with Crippen LogP contribution in [-0.2, 0) is 0 Å². The highest BCUT2D eigenvalue weighted by Crippen LogP contribution is 2.22. The summed E-state index contributed by atoms with van der Waals surface area (Å²) in [6, 6.07) is 21.4. The van der Waals surface area contributed by atoms with E-state index in [0.717, 1.165) is 5.56 Å². The van der Waals surface area contributed by atoms with Gasteiger partial charge in [-0.2, -0.15) is 5.26 Å². The van der Waals surface area contributed by atoms with Gasteiger partial charge < -0.3 is 9.73 Å². The second kappa shape index (κ2) is 6.63. The molecule has 3 aromatic rings. The Morgan fingerprint density at radius 2 is 1.74 bits per heavy atom. The van der Waals surface area contributed by atoms with Crippen molar-refractivity contribution in [3.63, 3.8) is 0 Å². The molecule has 1 amide bonds. The van der Waals surface area contributed by atoms with E-state index in [1.165, 1.54) is 0 Å². The molecule has 4 heteroatoms. The molecule has 0 aliphatic carbocycles. The van der Waals surface area contributed by atoms with Crippen LogP contribution in [0.3, 0.4) is 0 Å². The van der Waals surface area contributed by atoms with Crippen molar-refractivity contribution in [1.82, 2.24) is 5.32 Å². The number of carbonyl (C=O) groups excluding carboxylic acids is 1. The van der Waals surface area contributed by atoms with Gasteiger partial charge in [-0.05, 0) is 42.0 Å². The first-order chi connectivity index (χ1) is 11.3. The highest BCUT2D eigenvalue weighted by Gasteiger charge is 2.19. The summed E-state index contributed by atoms with van der Waals surface area (Å²) in [5, 5.41) is 11.8. The van der Waals surface area contributed by atoms with E-state index in [1.807, 2.05) is 42.5 Å². The molecule has 3 rings (SSSR count). The SMILES string of the molecule is N#Cc1ccc(C(=O)N[C@@H](c2ccccc2)c2ccco2)cc1. The van der Waals surface area contributed by atoms with Crippen LogP contribution < -0.4 is 5.32 Å². The van der Waals surface area contributed by atoms with Gasteiger partial charge in [0.2, 0.25) is 0 Å². The quantitative estimate of drug-likeness (QED) is 0.799. The first-order valence-electron chi connectivity index (χ1n) is 7.17. The number of furan rings is 1. The van der Waals surface area contributed by atoms with Crippen LogP contribution in [0.1, 0.15) is 33.3 Å². The smallest absolute Gasteiger partial charge is 0.252 e. The molecule has 0 saturated heterocycles. The number of nitrogens with one attached hydrogen (secondary N) is 1. The van der Waals surface area contributed by atoms with Crippen molar-refractivity contribution in [2.45, 2.75) is 6.04 Å². The van der Waals surface area contributed by atoms with Crippen molar-refractivity contribution in [1.29, 1.82) is 5.26 Å². The first-order valence-corrected chi connectivity index (χ1v) is 7.17. The molecule has 23 heavy (non-hydrogen) atoms. The zero-order valence-corrected chi connectivity index (χ0v) is 12.3. The van der Waals surface area contributed by atoms with Crippen molar-refractivity contribution in [2.75, 3.05) is 0 Å². The summed E-state index contributed by atoms with van der Waals surface area (Å²) in [5.74, 6) is 0.443. The van der Waals surface area contributed by atoms with Crippen LogP contribution in [0.15, 0.2) is 77.4 Å². The van der Waals surface area contributed by atoms with E-state index >= 15 is 0 Å². The molecule has 0 aliphatic rings. The Labute approximate surface area is 134 Å². The molecule has 2 aromatic carbocycles. The Morgan fingerprint density at radius 3 is 2.35 bits per heavy atom. The normalized spacial score (nSPS) is 11.4. The van der Waals surface area contributed by atoms with E-state index in [-0.39, 0.29) is 11.9 Å². The van der Waals surface area contributed by atoms with Crippen molar-refractivity contribution in [3.05, 3.63) is 95.4 Å². The van der Waals surface area contributed by atoms with Gasteiger partial charge in [-0.3, -0.25) is 4.79 Å². The highest BCUT2D eigenvalue weighted by molar-refractivity contribution is 5.94. The molecule has 1 heterocycles. The molecule has 112 valence electrons. The third-order valence-electron chi connectivity index (χ3n) is 3.51. The summed E-state index contributed by atoms with van der Waals surface area (Å²) in [7, 11) is 0. The van der Waals surface area contributed by atoms with Gasteiger partial charge >= 0.3 is 0 Å². The summed E-state index contributed by atoms with van der Waals surface area (Å²) in [4.78, 5) is 12.5. The van der Waals surface area contributed by atoms with Gasteiger partial charge in [-0.1, -0.05) is 30.3 Å². The summed E-state index contributed by atoms with van der Waals surface area (Å²) in [5.41, 5.74) is 1.95. The van der Waals surface area contributed by atoms with E-state index in [4.69, 9.17) is 9.68 Å². The predicted octanol–water partition coefficient (Wildman–Crippen LogP) is 3.67. The second-order valence-electron chi connectivity index (χ2n) is 5.02. The van der Waals surface area contributed by atoms with Crippen molar-refractivity contribution in [2.24, 2.45) is 0 Å². The lowest BCUT2D eigenvalue weighted by Gasteiger charge is -2.17. The summed E-state index contributed by atoms with van der Waals surface area (Å²) in [6.07, 6.45) is 1.58. The first kappa shape index (κ1) is 14.6. The molecular formula is C19H14N2O2. The minimum atomic E-state index is -0.366. The molecule has 0 radical (unpaired) electrons. The molecule has 0 unspecified atom stereocenters. The number of hydrogen-bond donors (Lipinski definition) is 1. The van der Waals surface area contributed by atoms with Gasteiger partial charge in [0.05, 0.1) is 17.9 Å². The van der Waals surface area contributed by atoms with Crippen LogP contribution in [0.4, 0.5) is 0 Å². The fraction of sp³-hybridized carbons (Fsp3) is 0.0526. The second-order valence-corrected chi connectivity index (χ2v) is 5.02. The van der Waals surface area contributed by atoms with Crippen LogP contribution in [0.5, 0.6) is 0 Å². The standard InChI is InChI=1S/C19H14N2O2/c20-13-14-8-10-16(11-9-14)19(22)21-18(17-7-4-12-23-17)15-5-2-1-3-6-15/h1-12,18H,(H,21,22)/t18-/m0/s1. The van der Waals surface area contributed by atoms with Gasteiger partial charge in [0, 0.05) is 5.56 Å². The molecular weight excluding hydrogens is 288 g/mol.